The largest absolute Gasteiger partial charge is 0.494 e. The quantitative estimate of drug-likeness (QED) is 0.308. The topological polar surface area (TPSA) is 56.1 Å². The van der Waals surface area contributed by atoms with Crippen molar-refractivity contribution in [1.82, 2.24) is 14.9 Å². The lowest BCUT2D eigenvalue weighted by atomic mass is 10.1. The minimum absolute atomic E-state index is 0.0772. The molecule has 1 amide bonds. The molecule has 4 rings (SSSR count). The van der Waals surface area contributed by atoms with Crippen LogP contribution in [-0.2, 0) is 24.2 Å². The highest BCUT2D eigenvalue weighted by atomic mass is 16.5. The van der Waals surface area contributed by atoms with Gasteiger partial charge in [0.1, 0.15) is 11.6 Å². The van der Waals surface area contributed by atoms with Gasteiger partial charge in [-0.15, -0.1) is 0 Å². The predicted molar refractivity (Wildman–Crippen MR) is 137 cm³/mol. The van der Waals surface area contributed by atoms with E-state index in [0.29, 0.717) is 26.0 Å². The van der Waals surface area contributed by atoms with E-state index in [9.17, 15) is 4.79 Å². The summed E-state index contributed by atoms with van der Waals surface area (Å²) in [6, 6.07) is 24.6. The smallest absolute Gasteiger partial charge is 0.220 e. The molecule has 0 aliphatic heterocycles. The van der Waals surface area contributed by atoms with E-state index in [4.69, 9.17) is 9.72 Å². The van der Waals surface area contributed by atoms with Crippen LogP contribution in [0.3, 0.4) is 0 Å². The van der Waals surface area contributed by atoms with Crippen LogP contribution in [0.15, 0.2) is 72.8 Å². The second kappa shape index (κ2) is 11.5. The van der Waals surface area contributed by atoms with Crippen molar-refractivity contribution in [2.45, 2.75) is 46.1 Å². The second-order valence-electron chi connectivity index (χ2n) is 8.78. The maximum atomic E-state index is 12.3. The van der Waals surface area contributed by atoms with Crippen molar-refractivity contribution < 1.29 is 9.53 Å². The Morgan fingerprint density at radius 1 is 0.941 bits per heavy atom. The fourth-order valence-corrected chi connectivity index (χ4v) is 4.30. The van der Waals surface area contributed by atoms with Crippen LogP contribution < -0.4 is 10.1 Å². The molecule has 5 heteroatoms. The molecular formula is C29H33N3O2. The molecule has 0 spiro atoms. The number of rotatable bonds is 11. The number of aromatic nitrogens is 2. The van der Waals surface area contributed by atoms with Gasteiger partial charge in [0, 0.05) is 25.9 Å². The molecule has 0 unspecified atom stereocenters. The summed E-state index contributed by atoms with van der Waals surface area (Å²) < 4.78 is 8.26. The number of hydrogen-bond acceptors (Lipinski definition) is 3. The van der Waals surface area contributed by atoms with Crippen molar-refractivity contribution in [3.63, 3.8) is 0 Å². The summed E-state index contributed by atoms with van der Waals surface area (Å²) >= 11 is 0. The van der Waals surface area contributed by atoms with Crippen LogP contribution in [-0.4, -0.2) is 28.6 Å². The van der Waals surface area contributed by atoms with Crippen LogP contribution in [0.25, 0.3) is 11.0 Å². The first-order chi connectivity index (χ1) is 16.6. The Bertz CT molecular complexity index is 1210. The maximum Gasteiger partial charge on any atom is 0.220 e. The molecule has 0 aliphatic rings. The fraction of sp³-hybridized carbons (Fsp3) is 0.310. The van der Waals surface area contributed by atoms with Crippen LogP contribution in [0.1, 0.15) is 35.4 Å². The van der Waals surface area contributed by atoms with Crippen molar-refractivity contribution in [3.05, 3.63) is 95.3 Å². The molecule has 0 fully saturated rings. The third-order valence-electron chi connectivity index (χ3n) is 5.88. The molecule has 1 N–H and O–H groups in total. The number of carbonyl (C=O) groups excluding carboxylic acids is 1. The van der Waals surface area contributed by atoms with Crippen molar-refractivity contribution >= 4 is 16.9 Å². The number of ether oxygens (including phenoxy) is 1. The highest BCUT2D eigenvalue weighted by Gasteiger charge is 2.11. The first kappa shape index (κ1) is 23.6. The fourth-order valence-electron chi connectivity index (χ4n) is 4.30. The Morgan fingerprint density at radius 3 is 2.47 bits per heavy atom. The van der Waals surface area contributed by atoms with Gasteiger partial charge in [-0.2, -0.15) is 0 Å². The molecule has 0 radical (unpaired) electrons. The van der Waals surface area contributed by atoms with Gasteiger partial charge in [-0.05, 0) is 67.6 Å². The molecule has 0 atom stereocenters. The van der Waals surface area contributed by atoms with Gasteiger partial charge in [-0.1, -0.05) is 48.5 Å². The number of para-hydroxylation sites is 2. The number of imidazole rings is 1. The summed E-state index contributed by atoms with van der Waals surface area (Å²) in [5.74, 6) is 2.00. The normalized spacial score (nSPS) is 11.0. The number of nitrogens with one attached hydrogen (secondary N) is 1. The van der Waals surface area contributed by atoms with Gasteiger partial charge >= 0.3 is 0 Å². The zero-order valence-electron chi connectivity index (χ0n) is 20.1. The van der Waals surface area contributed by atoms with Gasteiger partial charge in [-0.25, -0.2) is 4.98 Å². The van der Waals surface area contributed by atoms with E-state index < -0.39 is 0 Å². The number of fused-ring (bicyclic) bond motifs is 1. The highest BCUT2D eigenvalue weighted by Crippen LogP contribution is 2.19. The minimum atomic E-state index is 0.0772. The van der Waals surface area contributed by atoms with Gasteiger partial charge in [0.15, 0.2) is 0 Å². The molecule has 1 aromatic heterocycles. The summed E-state index contributed by atoms with van der Waals surface area (Å²) in [7, 11) is 0. The lowest BCUT2D eigenvalue weighted by Gasteiger charge is -2.12. The van der Waals surface area contributed by atoms with Crippen LogP contribution >= 0.6 is 0 Å². The predicted octanol–water partition coefficient (Wildman–Crippen LogP) is 5.41. The molecule has 3 aromatic carbocycles. The third-order valence-corrected chi connectivity index (χ3v) is 5.88. The number of amides is 1. The zero-order chi connectivity index (χ0) is 23.8. The molecule has 0 saturated heterocycles. The molecule has 0 saturated carbocycles. The zero-order valence-corrected chi connectivity index (χ0v) is 20.1. The van der Waals surface area contributed by atoms with E-state index in [2.05, 4.69) is 60.1 Å². The summed E-state index contributed by atoms with van der Waals surface area (Å²) in [6.45, 7) is 6.22. The van der Waals surface area contributed by atoms with E-state index >= 15 is 0 Å². The lowest BCUT2D eigenvalue weighted by molar-refractivity contribution is -0.121. The Hall–Kier alpha value is -3.60. The van der Waals surface area contributed by atoms with Gasteiger partial charge in [-0.3, -0.25) is 4.79 Å². The second-order valence-corrected chi connectivity index (χ2v) is 8.78. The molecule has 1 heterocycles. The Kier molecular flexibility index (Phi) is 7.97. The Labute approximate surface area is 201 Å². The van der Waals surface area contributed by atoms with E-state index in [1.54, 1.807) is 0 Å². The SMILES string of the molecule is Cc1cc(C)cc(OCCCn2c(CCNC(=O)CCc3ccccc3)nc3ccccc32)c1. The average Bonchev–Trinajstić information content (AvgIpc) is 3.18. The minimum Gasteiger partial charge on any atom is -0.494 e. The van der Waals surface area contributed by atoms with E-state index in [0.717, 1.165) is 42.0 Å². The van der Waals surface area contributed by atoms with Crippen molar-refractivity contribution in [3.8, 4) is 5.75 Å². The Morgan fingerprint density at radius 2 is 1.68 bits per heavy atom. The van der Waals surface area contributed by atoms with Crippen LogP contribution in [0.2, 0.25) is 0 Å². The summed E-state index contributed by atoms with van der Waals surface area (Å²) in [4.78, 5) is 17.1. The summed E-state index contributed by atoms with van der Waals surface area (Å²) in [6.07, 6.45) is 2.83. The molecule has 0 aliphatic carbocycles. The van der Waals surface area contributed by atoms with E-state index in [1.807, 2.05) is 36.4 Å². The van der Waals surface area contributed by atoms with Gasteiger partial charge < -0.3 is 14.6 Å². The van der Waals surface area contributed by atoms with Gasteiger partial charge in [0.2, 0.25) is 5.91 Å². The summed E-state index contributed by atoms with van der Waals surface area (Å²) in [5.41, 5.74) is 5.72. The van der Waals surface area contributed by atoms with Crippen molar-refractivity contribution in [2.24, 2.45) is 0 Å². The molecule has 0 bridgehead atoms. The molecule has 34 heavy (non-hydrogen) atoms. The van der Waals surface area contributed by atoms with Crippen molar-refractivity contribution in [1.29, 1.82) is 0 Å². The van der Waals surface area contributed by atoms with E-state index in [-0.39, 0.29) is 5.91 Å². The van der Waals surface area contributed by atoms with Crippen LogP contribution in [0, 0.1) is 13.8 Å². The first-order valence-electron chi connectivity index (χ1n) is 12.0. The van der Waals surface area contributed by atoms with Crippen LogP contribution in [0.4, 0.5) is 0 Å². The Balaban J connectivity index is 1.31. The first-order valence-corrected chi connectivity index (χ1v) is 12.0. The molecular weight excluding hydrogens is 422 g/mol. The monoisotopic (exact) mass is 455 g/mol. The highest BCUT2D eigenvalue weighted by molar-refractivity contribution is 5.77. The number of nitrogens with zero attached hydrogens (tertiary/aromatic N) is 2. The van der Waals surface area contributed by atoms with Crippen molar-refractivity contribution in [2.75, 3.05) is 13.2 Å². The number of benzene rings is 3. The number of aryl methyl sites for hydroxylation is 4. The van der Waals surface area contributed by atoms with Gasteiger partial charge in [0.05, 0.1) is 17.6 Å². The molecule has 176 valence electrons. The lowest BCUT2D eigenvalue weighted by Crippen LogP contribution is -2.26. The number of hydrogen-bond donors (Lipinski definition) is 1. The third kappa shape index (κ3) is 6.47. The maximum absolute atomic E-state index is 12.3. The summed E-state index contributed by atoms with van der Waals surface area (Å²) in [5, 5.41) is 3.06. The van der Waals surface area contributed by atoms with Gasteiger partial charge in [0.25, 0.3) is 0 Å². The molecule has 4 aromatic rings. The van der Waals surface area contributed by atoms with E-state index in [1.165, 1.54) is 16.7 Å². The number of carbonyl (C=O) groups is 1. The average molecular weight is 456 g/mol. The standard InChI is InChI=1S/C29H33N3O2/c1-22-19-23(2)21-25(20-22)34-18-8-17-32-27-12-7-6-11-26(27)31-28(32)15-16-30-29(33)14-13-24-9-4-3-5-10-24/h3-7,9-12,19-21H,8,13-18H2,1-2H3,(H,30,33). The molecule has 5 nitrogen and oxygen atoms in total. The van der Waals surface area contributed by atoms with Crippen LogP contribution in [0.5, 0.6) is 5.75 Å².